The van der Waals surface area contributed by atoms with Gasteiger partial charge in [0.1, 0.15) is 12.0 Å². The van der Waals surface area contributed by atoms with Crippen molar-refractivity contribution in [2.45, 2.75) is 48.2 Å². The number of nitrogens with zero attached hydrogens (tertiary/aromatic N) is 1. The number of carbonyl (C=O) groups excluding carboxylic acids is 3. The molecule has 1 heterocycles. The lowest BCUT2D eigenvalue weighted by molar-refractivity contribution is -0.181. The Kier molecular flexibility index (Phi) is 9.82. The van der Waals surface area contributed by atoms with Crippen LogP contribution in [0.2, 0.25) is 0 Å². The largest absolute Gasteiger partial charge is 0.472 e. The van der Waals surface area contributed by atoms with Crippen molar-refractivity contribution in [2.24, 2.45) is 4.99 Å². The standard InChI is InChI=1S/C15H19Cl3N2O7S/c1-7(21)25-10-6-28-13(20-4-5-24-14(19)15(16,17)18)12(27-9(3)23)11(10)26-8(2)22/h4,10-13,19H,5-6H2,1-3H3/t10-,11+,12-,13?/m1/s1. The van der Waals surface area contributed by atoms with E-state index in [4.69, 9.17) is 59.2 Å². The van der Waals surface area contributed by atoms with Crippen LogP contribution in [-0.4, -0.2) is 69.9 Å². The number of rotatable bonds is 6. The SMILES string of the molecule is CC(=O)O[C@H]1[C@H](OC(C)=O)CSC(N=CCOC(=N)C(Cl)(Cl)Cl)[C@@H]1OC(C)=O. The van der Waals surface area contributed by atoms with E-state index in [0.29, 0.717) is 0 Å². The maximum atomic E-state index is 11.5. The number of hydrogen-bond acceptors (Lipinski definition) is 10. The van der Waals surface area contributed by atoms with Gasteiger partial charge in [0.05, 0.1) is 0 Å². The number of ether oxygens (including phenoxy) is 4. The second kappa shape index (κ2) is 11.1. The Hall–Kier alpha value is -1.23. The Morgan fingerprint density at radius 3 is 2.11 bits per heavy atom. The first-order valence-corrected chi connectivity index (χ1v) is 10.0. The van der Waals surface area contributed by atoms with Gasteiger partial charge in [0.25, 0.3) is 3.79 Å². The van der Waals surface area contributed by atoms with Gasteiger partial charge in [-0.2, -0.15) is 0 Å². The summed E-state index contributed by atoms with van der Waals surface area (Å²) in [7, 11) is 0. The van der Waals surface area contributed by atoms with Crippen molar-refractivity contribution < 1.29 is 33.3 Å². The fraction of sp³-hybridized carbons (Fsp3) is 0.667. The molecule has 0 saturated carbocycles. The highest BCUT2D eigenvalue weighted by atomic mass is 35.6. The monoisotopic (exact) mass is 476 g/mol. The highest BCUT2D eigenvalue weighted by Crippen LogP contribution is 2.33. The molecule has 1 aliphatic rings. The minimum absolute atomic E-state index is 0.178. The Labute approximate surface area is 180 Å². The molecular weight excluding hydrogens is 459 g/mol. The Balaban J connectivity index is 2.92. The van der Waals surface area contributed by atoms with Gasteiger partial charge in [-0.3, -0.25) is 24.8 Å². The summed E-state index contributed by atoms with van der Waals surface area (Å²) in [5.41, 5.74) is 0. The van der Waals surface area contributed by atoms with Gasteiger partial charge in [-0.1, -0.05) is 34.8 Å². The highest BCUT2D eigenvalue weighted by Gasteiger charge is 2.46. The van der Waals surface area contributed by atoms with Crippen molar-refractivity contribution in [2.75, 3.05) is 12.4 Å². The third kappa shape index (κ3) is 8.42. The van der Waals surface area contributed by atoms with E-state index in [2.05, 4.69) is 4.99 Å². The zero-order valence-electron chi connectivity index (χ0n) is 15.1. The molecule has 13 heteroatoms. The van der Waals surface area contributed by atoms with Crippen LogP contribution in [-0.2, 0) is 33.3 Å². The third-order valence-corrected chi connectivity index (χ3v) is 4.90. The summed E-state index contributed by atoms with van der Waals surface area (Å²) in [4.78, 5) is 38.6. The molecule has 1 aliphatic heterocycles. The molecule has 0 aromatic heterocycles. The molecule has 0 aromatic rings. The predicted molar refractivity (Wildman–Crippen MR) is 105 cm³/mol. The first-order valence-electron chi connectivity index (χ1n) is 7.85. The molecule has 0 aromatic carbocycles. The number of carbonyl (C=O) groups is 3. The number of alkyl halides is 3. The molecular formula is C15H19Cl3N2O7S. The normalized spacial score (nSPS) is 25.1. The summed E-state index contributed by atoms with van der Waals surface area (Å²) < 4.78 is 18.6. The maximum absolute atomic E-state index is 11.5. The molecule has 0 bridgehead atoms. The van der Waals surface area contributed by atoms with E-state index in [0.717, 1.165) is 0 Å². The van der Waals surface area contributed by atoms with Crippen molar-refractivity contribution in [3.8, 4) is 0 Å². The number of esters is 3. The van der Waals surface area contributed by atoms with Gasteiger partial charge in [-0.15, -0.1) is 11.8 Å². The average molecular weight is 478 g/mol. The molecule has 1 unspecified atom stereocenters. The summed E-state index contributed by atoms with van der Waals surface area (Å²) in [6.07, 6.45) is -1.55. The van der Waals surface area contributed by atoms with Gasteiger partial charge in [-0.25, -0.2) is 0 Å². The van der Waals surface area contributed by atoms with Gasteiger partial charge in [0, 0.05) is 32.7 Å². The second-order valence-corrected chi connectivity index (χ2v) is 8.92. The van der Waals surface area contributed by atoms with Crippen LogP contribution in [0.3, 0.4) is 0 Å². The molecule has 1 N–H and O–H groups in total. The Morgan fingerprint density at radius 1 is 1.07 bits per heavy atom. The number of aliphatic imine (C=N–C) groups is 1. The summed E-state index contributed by atoms with van der Waals surface area (Å²) >= 11 is 17.7. The number of nitrogens with one attached hydrogen (secondary N) is 1. The van der Waals surface area contributed by atoms with Crippen LogP contribution in [0.25, 0.3) is 0 Å². The fourth-order valence-corrected chi connectivity index (χ4v) is 3.58. The molecule has 0 aliphatic carbocycles. The lowest BCUT2D eigenvalue weighted by Gasteiger charge is -2.38. The van der Waals surface area contributed by atoms with E-state index in [1.54, 1.807) is 0 Å². The first kappa shape index (κ1) is 24.8. The van der Waals surface area contributed by atoms with E-state index in [-0.39, 0.29) is 12.4 Å². The van der Waals surface area contributed by atoms with Crippen molar-refractivity contribution in [3.63, 3.8) is 0 Å². The van der Waals surface area contributed by atoms with E-state index in [1.165, 1.54) is 38.7 Å². The average Bonchev–Trinajstić information content (AvgIpc) is 2.53. The lowest BCUT2D eigenvalue weighted by Crippen LogP contribution is -2.53. The van der Waals surface area contributed by atoms with Crippen LogP contribution in [0.4, 0.5) is 0 Å². The predicted octanol–water partition coefficient (Wildman–Crippen LogP) is 2.29. The topological polar surface area (TPSA) is 124 Å². The van der Waals surface area contributed by atoms with Gasteiger partial charge >= 0.3 is 17.9 Å². The highest BCUT2D eigenvalue weighted by molar-refractivity contribution is 8.00. The van der Waals surface area contributed by atoms with Crippen LogP contribution in [0.1, 0.15) is 20.8 Å². The minimum atomic E-state index is -1.99. The zero-order chi connectivity index (χ0) is 21.5. The maximum Gasteiger partial charge on any atom is 0.303 e. The zero-order valence-corrected chi connectivity index (χ0v) is 18.2. The van der Waals surface area contributed by atoms with Gasteiger partial charge in [0.2, 0.25) is 5.90 Å². The van der Waals surface area contributed by atoms with Gasteiger partial charge < -0.3 is 18.9 Å². The van der Waals surface area contributed by atoms with Crippen LogP contribution in [0, 0.1) is 5.41 Å². The summed E-state index contributed by atoms with van der Waals surface area (Å²) in [5, 5.41) is 6.76. The Morgan fingerprint density at radius 2 is 1.61 bits per heavy atom. The molecule has 1 rings (SSSR count). The van der Waals surface area contributed by atoms with Crippen molar-refractivity contribution in [3.05, 3.63) is 0 Å². The molecule has 158 valence electrons. The minimum Gasteiger partial charge on any atom is -0.472 e. The summed E-state index contributed by atoms with van der Waals surface area (Å²) in [6, 6.07) is 0. The van der Waals surface area contributed by atoms with Crippen LogP contribution in [0.15, 0.2) is 4.99 Å². The molecule has 1 fully saturated rings. The van der Waals surface area contributed by atoms with Crippen LogP contribution >= 0.6 is 46.6 Å². The molecule has 0 spiro atoms. The van der Waals surface area contributed by atoms with E-state index < -0.39 is 51.3 Å². The van der Waals surface area contributed by atoms with Crippen molar-refractivity contribution in [1.82, 2.24) is 0 Å². The van der Waals surface area contributed by atoms with Crippen LogP contribution in [0.5, 0.6) is 0 Å². The molecule has 9 nitrogen and oxygen atoms in total. The van der Waals surface area contributed by atoms with E-state index >= 15 is 0 Å². The van der Waals surface area contributed by atoms with Crippen LogP contribution < -0.4 is 0 Å². The number of thioether (sulfide) groups is 1. The van der Waals surface area contributed by atoms with E-state index in [1.807, 2.05) is 0 Å². The molecule has 4 atom stereocenters. The van der Waals surface area contributed by atoms with Gasteiger partial charge in [0.15, 0.2) is 18.3 Å². The second-order valence-electron chi connectivity index (χ2n) is 5.49. The van der Waals surface area contributed by atoms with Crippen molar-refractivity contribution in [1.29, 1.82) is 5.41 Å². The molecule has 0 amide bonds. The van der Waals surface area contributed by atoms with Gasteiger partial charge in [-0.05, 0) is 0 Å². The molecule has 1 saturated heterocycles. The quantitative estimate of drug-likeness (QED) is 0.203. The summed E-state index contributed by atoms with van der Waals surface area (Å²) in [5.74, 6) is -2.15. The van der Waals surface area contributed by atoms with Crippen molar-refractivity contribution >= 4 is 76.6 Å². The first-order chi connectivity index (χ1) is 12.9. The smallest absolute Gasteiger partial charge is 0.303 e. The van der Waals surface area contributed by atoms with E-state index in [9.17, 15) is 14.4 Å². The lowest BCUT2D eigenvalue weighted by atomic mass is 10.1. The third-order valence-electron chi connectivity index (χ3n) is 3.14. The fourth-order valence-electron chi connectivity index (χ4n) is 2.20. The molecule has 28 heavy (non-hydrogen) atoms. The number of hydrogen-bond donors (Lipinski definition) is 1. The Bertz CT molecular complexity index is 642. The number of halogens is 3. The molecule has 0 radical (unpaired) electrons. The summed E-state index contributed by atoms with van der Waals surface area (Å²) in [6.45, 7) is 3.42.